The zero-order valence-corrected chi connectivity index (χ0v) is 15.8. The summed E-state index contributed by atoms with van der Waals surface area (Å²) in [5.74, 6) is 1.19. The van der Waals surface area contributed by atoms with Gasteiger partial charge in [-0.2, -0.15) is 5.10 Å². The summed E-state index contributed by atoms with van der Waals surface area (Å²) >= 11 is 1.51. The normalized spacial score (nSPS) is 14.0. The van der Waals surface area contributed by atoms with E-state index < -0.39 is 0 Å². The molecule has 27 heavy (non-hydrogen) atoms. The highest BCUT2D eigenvalue weighted by molar-refractivity contribution is 7.07. The van der Waals surface area contributed by atoms with Crippen LogP contribution in [0, 0.1) is 5.82 Å². The van der Waals surface area contributed by atoms with Gasteiger partial charge >= 0.3 is 0 Å². The Morgan fingerprint density at radius 1 is 1.15 bits per heavy atom. The van der Waals surface area contributed by atoms with E-state index in [0.717, 1.165) is 38.8 Å². The third-order valence-electron chi connectivity index (χ3n) is 4.16. The maximum absolute atomic E-state index is 13.3. The van der Waals surface area contributed by atoms with Gasteiger partial charge in [0.05, 0.1) is 11.4 Å². The van der Waals surface area contributed by atoms with Crippen LogP contribution < -0.4 is 14.3 Å². The molecule has 2 heterocycles. The SMILES string of the molecule is CCN=c1scc(-c2ccc(F)cc2)n1N=C(C)c1ccc2c(c1)OCO2. The summed E-state index contributed by atoms with van der Waals surface area (Å²) in [6, 6.07) is 12.1. The summed E-state index contributed by atoms with van der Waals surface area (Å²) in [5, 5.41) is 6.78. The van der Waals surface area contributed by atoms with E-state index in [-0.39, 0.29) is 12.6 Å². The maximum atomic E-state index is 13.3. The second-order valence-corrected chi connectivity index (χ2v) is 6.79. The van der Waals surface area contributed by atoms with Gasteiger partial charge in [-0.1, -0.05) is 0 Å². The van der Waals surface area contributed by atoms with Crippen molar-refractivity contribution in [3.63, 3.8) is 0 Å². The number of hydrogen-bond acceptors (Lipinski definition) is 5. The van der Waals surface area contributed by atoms with Gasteiger partial charge in [-0.25, -0.2) is 9.07 Å². The third-order valence-corrected chi connectivity index (χ3v) is 5.01. The fraction of sp³-hybridized carbons (Fsp3) is 0.200. The lowest BCUT2D eigenvalue weighted by Crippen LogP contribution is -2.14. The summed E-state index contributed by atoms with van der Waals surface area (Å²) in [5.41, 5.74) is 3.50. The van der Waals surface area contributed by atoms with Crippen LogP contribution in [0.25, 0.3) is 11.3 Å². The van der Waals surface area contributed by atoms with Crippen molar-refractivity contribution in [2.24, 2.45) is 10.1 Å². The lowest BCUT2D eigenvalue weighted by molar-refractivity contribution is 0.174. The molecule has 0 unspecified atom stereocenters. The Labute approximate surface area is 160 Å². The first kappa shape index (κ1) is 17.5. The van der Waals surface area contributed by atoms with Crippen molar-refractivity contribution in [1.82, 2.24) is 4.68 Å². The highest BCUT2D eigenvalue weighted by Gasteiger charge is 2.15. The first-order valence-electron chi connectivity index (χ1n) is 8.58. The van der Waals surface area contributed by atoms with Crippen molar-refractivity contribution >= 4 is 17.0 Å². The third kappa shape index (κ3) is 3.50. The number of halogens is 1. The molecule has 5 nitrogen and oxygen atoms in total. The molecule has 4 rings (SSSR count). The monoisotopic (exact) mass is 383 g/mol. The van der Waals surface area contributed by atoms with Gasteiger partial charge in [-0.3, -0.25) is 4.99 Å². The average molecular weight is 383 g/mol. The molecule has 0 saturated heterocycles. The van der Waals surface area contributed by atoms with Gasteiger partial charge in [0, 0.05) is 23.1 Å². The zero-order chi connectivity index (χ0) is 18.8. The van der Waals surface area contributed by atoms with Crippen LogP contribution in [0.15, 0.2) is 57.9 Å². The van der Waals surface area contributed by atoms with E-state index in [2.05, 4.69) is 4.99 Å². The molecular formula is C20H18FN3O2S. The van der Waals surface area contributed by atoms with Gasteiger partial charge in [0.2, 0.25) is 11.6 Å². The van der Waals surface area contributed by atoms with E-state index in [4.69, 9.17) is 14.6 Å². The minimum absolute atomic E-state index is 0.239. The Balaban J connectivity index is 1.80. The van der Waals surface area contributed by atoms with Crippen LogP contribution in [0.4, 0.5) is 4.39 Å². The van der Waals surface area contributed by atoms with Crippen molar-refractivity contribution in [3.8, 4) is 22.8 Å². The fourth-order valence-electron chi connectivity index (χ4n) is 2.79. The lowest BCUT2D eigenvalue weighted by atomic mass is 10.1. The number of thiazole rings is 1. The quantitative estimate of drug-likeness (QED) is 0.632. The van der Waals surface area contributed by atoms with Crippen molar-refractivity contribution in [2.75, 3.05) is 13.3 Å². The molecule has 3 aromatic rings. The molecule has 2 aromatic carbocycles. The van der Waals surface area contributed by atoms with E-state index in [0.29, 0.717) is 6.54 Å². The molecule has 0 amide bonds. The van der Waals surface area contributed by atoms with E-state index in [1.54, 1.807) is 16.8 Å². The van der Waals surface area contributed by atoms with E-state index in [9.17, 15) is 4.39 Å². The van der Waals surface area contributed by atoms with Gasteiger partial charge in [0.25, 0.3) is 0 Å². The topological polar surface area (TPSA) is 48.1 Å². The van der Waals surface area contributed by atoms with Crippen molar-refractivity contribution in [3.05, 3.63) is 64.0 Å². The molecule has 138 valence electrons. The van der Waals surface area contributed by atoms with Crippen molar-refractivity contribution in [1.29, 1.82) is 0 Å². The molecular weight excluding hydrogens is 365 g/mol. The second kappa shape index (κ2) is 7.36. The molecule has 0 saturated carbocycles. The molecule has 1 aliphatic heterocycles. The summed E-state index contributed by atoms with van der Waals surface area (Å²) in [6.45, 7) is 4.81. The summed E-state index contributed by atoms with van der Waals surface area (Å²) in [6.07, 6.45) is 0. The number of aromatic nitrogens is 1. The number of nitrogens with zero attached hydrogens (tertiary/aromatic N) is 3. The summed E-state index contributed by atoms with van der Waals surface area (Å²) in [7, 11) is 0. The molecule has 0 N–H and O–H groups in total. The van der Waals surface area contributed by atoms with Crippen LogP contribution in [0.5, 0.6) is 11.5 Å². The molecule has 0 radical (unpaired) electrons. The largest absolute Gasteiger partial charge is 0.454 e. The van der Waals surface area contributed by atoms with Gasteiger partial charge in [0.15, 0.2) is 11.5 Å². The molecule has 0 atom stereocenters. The first-order valence-corrected chi connectivity index (χ1v) is 9.46. The minimum Gasteiger partial charge on any atom is -0.454 e. The van der Waals surface area contributed by atoms with Crippen LogP contribution in [-0.4, -0.2) is 23.7 Å². The van der Waals surface area contributed by atoms with Crippen LogP contribution in [0.1, 0.15) is 19.4 Å². The lowest BCUT2D eigenvalue weighted by Gasteiger charge is -2.07. The molecule has 0 spiro atoms. The number of hydrogen-bond donors (Lipinski definition) is 0. The van der Waals surface area contributed by atoms with Crippen LogP contribution in [0.2, 0.25) is 0 Å². The smallest absolute Gasteiger partial charge is 0.231 e. The van der Waals surface area contributed by atoms with E-state index in [1.165, 1.54) is 23.5 Å². The number of ether oxygens (including phenoxy) is 2. The van der Waals surface area contributed by atoms with E-state index in [1.807, 2.05) is 37.4 Å². The fourth-order valence-corrected chi connectivity index (χ4v) is 3.68. The Bertz CT molecular complexity index is 1070. The summed E-state index contributed by atoms with van der Waals surface area (Å²) in [4.78, 5) is 5.32. The molecule has 1 aliphatic rings. The number of benzene rings is 2. The highest BCUT2D eigenvalue weighted by Crippen LogP contribution is 2.32. The van der Waals surface area contributed by atoms with Crippen molar-refractivity contribution < 1.29 is 13.9 Å². The standard InChI is InChI=1S/C20H18FN3O2S/c1-3-22-20-24(17(11-27-20)14-4-7-16(21)8-5-14)23-13(2)15-6-9-18-19(10-15)26-12-25-18/h4-11H,3,12H2,1-2H3. The van der Waals surface area contributed by atoms with Crippen molar-refractivity contribution in [2.45, 2.75) is 13.8 Å². The molecule has 7 heteroatoms. The summed E-state index contributed by atoms with van der Waals surface area (Å²) < 4.78 is 25.9. The Hall–Kier alpha value is -2.93. The van der Waals surface area contributed by atoms with Crippen LogP contribution in [-0.2, 0) is 0 Å². The molecule has 0 bridgehead atoms. The number of rotatable bonds is 4. The second-order valence-electron chi connectivity index (χ2n) is 5.95. The van der Waals surface area contributed by atoms with Gasteiger partial charge < -0.3 is 9.47 Å². The Kier molecular flexibility index (Phi) is 4.77. The zero-order valence-electron chi connectivity index (χ0n) is 15.0. The number of fused-ring (bicyclic) bond motifs is 1. The minimum atomic E-state index is -0.265. The van der Waals surface area contributed by atoms with Gasteiger partial charge in [-0.15, -0.1) is 11.3 Å². The van der Waals surface area contributed by atoms with Gasteiger partial charge in [0.1, 0.15) is 5.82 Å². The Morgan fingerprint density at radius 3 is 2.70 bits per heavy atom. The molecule has 1 aromatic heterocycles. The Morgan fingerprint density at radius 2 is 1.93 bits per heavy atom. The molecule has 0 aliphatic carbocycles. The first-order chi connectivity index (χ1) is 13.2. The molecule has 0 fully saturated rings. The van der Waals surface area contributed by atoms with Gasteiger partial charge in [-0.05, 0) is 56.3 Å². The predicted molar refractivity (Wildman–Crippen MR) is 104 cm³/mol. The highest BCUT2D eigenvalue weighted by atomic mass is 32.1. The average Bonchev–Trinajstić information content (AvgIpc) is 3.29. The predicted octanol–water partition coefficient (Wildman–Crippen LogP) is 4.28. The van der Waals surface area contributed by atoms with Crippen LogP contribution >= 0.6 is 11.3 Å². The van der Waals surface area contributed by atoms with E-state index >= 15 is 0 Å². The van der Waals surface area contributed by atoms with Crippen LogP contribution in [0.3, 0.4) is 0 Å². The maximum Gasteiger partial charge on any atom is 0.231 e.